The first kappa shape index (κ1) is 23.7. The van der Waals surface area contributed by atoms with Crippen LogP contribution in [0.5, 0.6) is 5.75 Å². The maximum absolute atomic E-state index is 13.1. The zero-order chi connectivity index (χ0) is 24.6. The highest BCUT2D eigenvalue weighted by Gasteiger charge is 2.38. The zero-order valence-electron chi connectivity index (χ0n) is 19.1. The van der Waals surface area contributed by atoms with Gasteiger partial charge >= 0.3 is 0 Å². The molecule has 0 spiro atoms. The van der Waals surface area contributed by atoms with Crippen molar-refractivity contribution in [1.29, 1.82) is 0 Å². The van der Waals surface area contributed by atoms with Crippen molar-refractivity contribution < 1.29 is 23.1 Å². The van der Waals surface area contributed by atoms with E-state index in [0.717, 1.165) is 0 Å². The Morgan fingerprint density at radius 3 is 2.71 bits per heavy atom. The van der Waals surface area contributed by atoms with Crippen LogP contribution in [-0.2, 0) is 16.6 Å². The monoisotopic (exact) mass is 487 g/mol. The van der Waals surface area contributed by atoms with E-state index in [-0.39, 0.29) is 47.3 Å². The number of aliphatic hydroxyl groups excluding tert-OH is 1. The van der Waals surface area contributed by atoms with Crippen LogP contribution < -0.4 is 10.1 Å². The lowest BCUT2D eigenvalue weighted by atomic mass is 10.1. The number of hydrogen-bond acceptors (Lipinski definition) is 9. The van der Waals surface area contributed by atoms with Crippen molar-refractivity contribution in [2.75, 3.05) is 19.0 Å². The van der Waals surface area contributed by atoms with Crippen LogP contribution in [0.3, 0.4) is 0 Å². The SMILES string of the molecule is COc1cc2c(cc1C(=O)Nc1cccc(-c3nnnn3[C@H](C)CO)n1)S(=O)(=O)N(C(C)C)C2. The van der Waals surface area contributed by atoms with E-state index in [1.807, 2.05) is 0 Å². The van der Waals surface area contributed by atoms with Crippen molar-refractivity contribution >= 4 is 21.7 Å². The van der Waals surface area contributed by atoms with Gasteiger partial charge in [0.25, 0.3) is 5.91 Å². The largest absolute Gasteiger partial charge is 0.496 e. The van der Waals surface area contributed by atoms with Gasteiger partial charge in [0.05, 0.1) is 30.2 Å². The zero-order valence-corrected chi connectivity index (χ0v) is 19.9. The molecule has 0 fully saturated rings. The minimum absolute atomic E-state index is 0.0707. The molecule has 0 saturated heterocycles. The molecule has 4 rings (SSSR count). The predicted molar refractivity (Wildman–Crippen MR) is 122 cm³/mol. The van der Waals surface area contributed by atoms with E-state index < -0.39 is 15.9 Å². The number of amides is 1. The highest BCUT2D eigenvalue weighted by molar-refractivity contribution is 7.89. The second-order valence-electron chi connectivity index (χ2n) is 8.15. The highest BCUT2D eigenvalue weighted by Crippen LogP contribution is 2.36. The molecule has 2 N–H and O–H groups in total. The molecule has 0 unspecified atom stereocenters. The number of carbonyl (C=O) groups excluding carboxylic acids is 1. The molecule has 1 atom stereocenters. The molecule has 1 aliphatic rings. The quantitative estimate of drug-likeness (QED) is 0.504. The number of benzene rings is 1. The lowest BCUT2D eigenvalue weighted by molar-refractivity contribution is 0.102. The molecule has 0 radical (unpaired) electrons. The van der Waals surface area contributed by atoms with E-state index in [1.165, 1.54) is 22.2 Å². The first-order chi connectivity index (χ1) is 16.2. The number of aromatic nitrogens is 5. The Morgan fingerprint density at radius 1 is 1.26 bits per heavy atom. The van der Waals surface area contributed by atoms with Crippen molar-refractivity contribution in [3.63, 3.8) is 0 Å². The Kier molecular flexibility index (Phi) is 6.34. The van der Waals surface area contributed by atoms with Crippen molar-refractivity contribution in [1.82, 2.24) is 29.5 Å². The third kappa shape index (κ3) is 4.13. The summed E-state index contributed by atoms with van der Waals surface area (Å²) < 4.78 is 34.1. The number of methoxy groups -OCH3 is 1. The van der Waals surface area contributed by atoms with Gasteiger partial charge in [-0.15, -0.1) is 5.10 Å². The number of sulfonamides is 1. The van der Waals surface area contributed by atoms with Crippen LogP contribution in [0.2, 0.25) is 0 Å². The number of fused-ring (bicyclic) bond motifs is 1. The van der Waals surface area contributed by atoms with E-state index in [2.05, 4.69) is 25.8 Å². The normalized spacial score (nSPS) is 15.8. The van der Waals surface area contributed by atoms with E-state index in [0.29, 0.717) is 17.1 Å². The third-order valence-corrected chi connectivity index (χ3v) is 7.61. The number of pyridine rings is 1. The first-order valence-electron chi connectivity index (χ1n) is 10.6. The Labute approximate surface area is 196 Å². The highest BCUT2D eigenvalue weighted by atomic mass is 32.2. The lowest BCUT2D eigenvalue weighted by Gasteiger charge is -2.18. The summed E-state index contributed by atoms with van der Waals surface area (Å²) in [5.74, 6) is 0.218. The second kappa shape index (κ2) is 9.08. The van der Waals surface area contributed by atoms with E-state index in [9.17, 15) is 18.3 Å². The summed E-state index contributed by atoms with van der Waals surface area (Å²) in [6.07, 6.45) is 0. The van der Waals surface area contributed by atoms with Crippen molar-refractivity contribution in [2.24, 2.45) is 0 Å². The van der Waals surface area contributed by atoms with Gasteiger partial charge in [0.1, 0.15) is 17.3 Å². The summed E-state index contributed by atoms with van der Waals surface area (Å²) >= 11 is 0. The van der Waals surface area contributed by atoms with Crippen LogP contribution in [0.1, 0.15) is 42.7 Å². The number of tetrazole rings is 1. The van der Waals surface area contributed by atoms with Gasteiger partial charge in [-0.1, -0.05) is 6.07 Å². The van der Waals surface area contributed by atoms with Crippen LogP contribution in [0.15, 0.2) is 35.2 Å². The molecule has 34 heavy (non-hydrogen) atoms. The standard InChI is InChI=1S/C21H25N7O5S/c1-12(2)27-10-14-8-17(33-4)15(9-18(14)34(27,31)32)21(30)23-19-7-5-6-16(22-19)20-24-25-26-28(20)13(3)11-29/h5-9,12-13,29H,10-11H2,1-4H3,(H,22,23,30)/t13-/m1/s1. The molecule has 1 amide bonds. The van der Waals surface area contributed by atoms with E-state index in [4.69, 9.17) is 4.74 Å². The van der Waals surface area contributed by atoms with Crippen molar-refractivity contribution in [3.8, 4) is 17.3 Å². The fourth-order valence-electron chi connectivity index (χ4n) is 3.70. The molecule has 0 saturated carbocycles. The van der Waals surface area contributed by atoms with Gasteiger partial charge in [0.15, 0.2) is 0 Å². The number of ether oxygens (including phenoxy) is 1. The maximum Gasteiger partial charge on any atom is 0.260 e. The second-order valence-corrected chi connectivity index (χ2v) is 10.0. The summed E-state index contributed by atoms with van der Waals surface area (Å²) in [5, 5.41) is 23.6. The molecular formula is C21H25N7O5S. The maximum atomic E-state index is 13.1. The van der Waals surface area contributed by atoms with Gasteiger partial charge in [0, 0.05) is 12.6 Å². The number of rotatable bonds is 7. The molecule has 3 aromatic rings. The van der Waals surface area contributed by atoms with Crippen LogP contribution in [0.25, 0.3) is 11.5 Å². The number of hydrogen-bond donors (Lipinski definition) is 2. The lowest BCUT2D eigenvalue weighted by Crippen LogP contribution is -2.31. The minimum atomic E-state index is -3.71. The van der Waals surface area contributed by atoms with Gasteiger partial charge in [-0.3, -0.25) is 4.79 Å². The Bertz CT molecular complexity index is 1340. The summed E-state index contributed by atoms with van der Waals surface area (Å²) in [5.41, 5.74) is 1.03. The van der Waals surface area contributed by atoms with E-state index >= 15 is 0 Å². The molecule has 180 valence electrons. The number of aliphatic hydroxyl groups is 1. The summed E-state index contributed by atoms with van der Waals surface area (Å²) in [4.78, 5) is 17.6. The topological polar surface area (TPSA) is 152 Å². The molecule has 1 aromatic carbocycles. The Balaban J connectivity index is 1.66. The molecule has 2 aromatic heterocycles. The summed E-state index contributed by atoms with van der Waals surface area (Å²) in [6, 6.07) is 7.26. The van der Waals surface area contributed by atoms with Gasteiger partial charge in [-0.25, -0.2) is 18.1 Å². The molecule has 13 heteroatoms. The molecular weight excluding hydrogens is 462 g/mol. The van der Waals surface area contributed by atoms with Gasteiger partial charge < -0.3 is 15.2 Å². The molecule has 0 bridgehead atoms. The third-order valence-electron chi connectivity index (χ3n) is 5.51. The number of carbonyl (C=O) groups is 1. The number of anilines is 1. The van der Waals surface area contributed by atoms with Gasteiger partial charge in [-0.05, 0) is 61.0 Å². The average molecular weight is 488 g/mol. The van der Waals surface area contributed by atoms with Crippen LogP contribution in [0.4, 0.5) is 5.82 Å². The van der Waals surface area contributed by atoms with Crippen molar-refractivity contribution in [3.05, 3.63) is 41.5 Å². The molecule has 12 nitrogen and oxygen atoms in total. The Hall–Kier alpha value is -3.42. The van der Waals surface area contributed by atoms with Crippen LogP contribution in [0, 0.1) is 0 Å². The summed E-state index contributed by atoms with van der Waals surface area (Å²) in [7, 11) is -2.29. The molecule has 0 aliphatic carbocycles. The Morgan fingerprint density at radius 2 is 2.03 bits per heavy atom. The molecule has 3 heterocycles. The molecule has 1 aliphatic heterocycles. The fraction of sp³-hybridized carbons (Fsp3) is 0.381. The fourth-order valence-corrected chi connectivity index (χ4v) is 5.54. The number of nitrogens with one attached hydrogen (secondary N) is 1. The predicted octanol–water partition coefficient (Wildman–Crippen LogP) is 1.46. The number of nitrogens with zero attached hydrogens (tertiary/aromatic N) is 6. The summed E-state index contributed by atoms with van der Waals surface area (Å²) in [6.45, 7) is 5.40. The van der Waals surface area contributed by atoms with Crippen molar-refractivity contribution in [2.45, 2.75) is 44.3 Å². The van der Waals surface area contributed by atoms with Gasteiger partial charge in [-0.2, -0.15) is 4.31 Å². The van der Waals surface area contributed by atoms with Gasteiger partial charge in [0.2, 0.25) is 15.8 Å². The average Bonchev–Trinajstić information content (AvgIpc) is 3.40. The van der Waals surface area contributed by atoms with Crippen LogP contribution in [-0.4, -0.2) is 68.7 Å². The first-order valence-corrected chi connectivity index (χ1v) is 12.0. The smallest absolute Gasteiger partial charge is 0.260 e. The van der Waals surface area contributed by atoms with Crippen LogP contribution >= 0.6 is 0 Å². The van der Waals surface area contributed by atoms with E-state index in [1.54, 1.807) is 45.0 Å². The minimum Gasteiger partial charge on any atom is -0.496 e.